The van der Waals surface area contributed by atoms with Crippen LogP contribution in [-0.4, -0.2) is 45.6 Å². The van der Waals surface area contributed by atoms with Gasteiger partial charge in [0.1, 0.15) is 5.82 Å². The maximum absolute atomic E-state index is 11.7. The number of para-hydroxylation sites is 2. The first-order chi connectivity index (χ1) is 11.6. The van der Waals surface area contributed by atoms with Crippen LogP contribution in [0.3, 0.4) is 0 Å². The summed E-state index contributed by atoms with van der Waals surface area (Å²) in [7, 11) is 0. The lowest BCUT2D eigenvalue weighted by Gasteiger charge is -2.41. The van der Waals surface area contributed by atoms with E-state index < -0.39 is 17.4 Å². The normalized spacial score (nSPS) is 22.8. The van der Waals surface area contributed by atoms with Crippen molar-refractivity contribution in [1.82, 2.24) is 15.3 Å². The van der Waals surface area contributed by atoms with Gasteiger partial charge in [-0.05, 0) is 25.0 Å². The highest BCUT2D eigenvalue weighted by molar-refractivity contribution is 5.88. The van der Waals surface area contributed by atoms with E-state index in [2.05, 4.69) is 20.2 Å². The minimum absolute atomic E-state index is 0.0745. The average molecular weight is 326 g/mol. The van der Waals surface area contributed by atoms with Crippen LogP contribution in [0.5, 0.6) is 0 Å². The number of aromatic nitrogens is 2. The first kappa shape index (κ1) is 14.9. The number of fused-ring (bicyclic) bond motifs is 1. The molecular weight excluding hydrogens is 308 g/mol. The Balaban J connectivity index is 1.55. The van der Waals surface area contributed by atoms with Gasteiger partial charge in [0.25, 0.3) is 0 Å². The number of carbonyl (C=O) groups is 2. The molecule has 2 aliphatic rings. The molecule has 2 aromatic rings. The Morgan fingerprint density at radius 1 is 1.25 bits per heavy atom. The van der Waals surface area contributed by atoms with Crippen LogP contribution < -0.4 is 10.2 Å². The SMILES string of the molecule is O=C1C[C@@H](C(=O)O)C2(CCN(c3cnc4ccccc4n3)CC2)N1. The lowest BCUT2D eigenvalue weighted by Crippen LogP contribution is -2.55. The summed E-state index contributed by atoms with van der Waals surface area (Å²) in [6.07, 6.45) is 3.03. The third kappa shape index (κ3) is 2.36. The number of benzene rings is 1. The molecule has 2 N–H and O–H groups in total. The van der Waals surface area contributed by atoms with Crippen molar-refractivity contribution in [3.05, 3.63) is 30.5 Å². The number of hydrogen-bond acceptors (Lipinski definition) is 5. The van der Waals surface area contributed by atoms with Gasteiger partial charge in [-0.3, -0.25) is 14.6 Å². The molecule has 3 heterocycles. The standard InChI is InChI=1S/C17H18N4O3/c22-15-9-11(16(23)24)17(20-15)5-7-21(8-6-17)14-10-18-12-3-1-2-4-13(12)19-14/h1-4,10-11H,5-9H2,(H,20,22)(H,23,24)/t11-/m0/s1. The average Bonchev–Trinajstić information content (AvgIpc) is 2.91. The summed E-state index contributed by atoms with van der Waals surface area (Å²) >= 11 is 0. The molecule has 1 aromatic heterocycles. The van der Waals surface area contributed by atoms with E-state index in [4.69, 9.17) is 0 Å². The highest BCUT2D eigenvalue weighted by atomic mass is 16.4. The fraction of sp³-hybridized carbons (Fsp3) is 0.412. The Bertz CT molecular complexity index is 814. The molecule has 0 unspecified atom stereocenters. The molecule has 0 saturated carbocycles. The van der Waals surface area contributed by atoms with E-state index in [1.165, 1.54) is 0 Å². The van der Waals surface area contributed by atoms with E-state index in [9.17, 15) is 14.7 Å². The van der Waals surface area contributed by atoms with E-state index in [-0.39, 0.29) is 12.3 Å². The maximum atomic E-state index is 11.7. The van der Waals surface area contributed by atoms with Gasteiger partial charge in [0.2, 0.25) is 5.91 Å². The van der Waals surface area contributed by atoms with Crippen molar-refractivity contribution in [2.75, 3.05) is 18.0 Å². The van der Waals surface area contributed by atoms with E-state index >= 15 is 0 Å². The molecule has 2 fully saturated rings. The number of carboxylic acid groups (broad SMARTS) is 1. The summed E-state index contributed by atoms with van der Waals surface area (Å²) in [4.78, 5) is 34.4. The van der Waals surface area contributed by atoms with Crippen molar-refractivity contribution in [2.45, 2.75) is 24.8 Å². The number of carbonyl (C=O) groups excluding carboxylic acids is 1. The second kappa shape index (κ2) is 5.43. The fourth-order valence-corrected chi connectivity index (χ4v) is 3.83. The molecule has 7 heteroatoms. The number of carboxylic acids is 1. The smallest absolute Gasteiger partial charge is 0.309 e. The van der Waals surface area contributed by atoms with Crippen molar-refractivity contribution in [3.8, 4) is 0 Å². The number of aliphatic carboxylic acids is 1. The van der Waals surface area contributed by atoms with E-state index in [1.807, 2.05) is 24.3 Å². The lowest BCUT2D eigenvalue weighted by molar-refractivity contribution is -0.144. The Morgan fingerprint density at radius 2 is 1.96 bits per heavy atom. The Kier molecular flexibility index (Phi) is 3.37. The highest BCUT2D eigenvalue weighted by Gasteiger charge is 2.51. The van der Waals surface area contributed by atoms with Crippen molar-refractivity contribution in [2.24, 2.45) is 5.92 Å². The summed E-state index contributed by atoms with van der Waals surface area (Å²) in [6.45, 7) is 1.30. The van der Waals surface area contributed by atoms with Gasteiger partial charge in [-0.15, -0.1) is 0 Å². The van der Waals surface area contributed by atoms with Gasteiger partial charge in [0.15, 0.2) is 0 Å². The fourth-order valence-electron chi connectivity index (χ4n) is 3.83. The largest absolute Gasteiger partial charge is 0.481 e. The topological polar surface area (TPSA) is 95.4 Å². The number of nitrogens with one attached hydrogen (secondary N) is 1. The molecule has 7 nitrogen and oxygen atoms in total. The first-order valence-electron chi connectivity index (χ1n) is 8.08. The molecule has 2 aliphatic heterocycles. The maximum Gasteiger partial charge on any atom is 0.309 e. The summed E-state index contributed by atoms with van der Waals surface area (Å²) in [5.74, 6) is -0.914. The van der Waals surface area contributed by atoms with Crippen LogP contribution in [0.4, 0.5) is 5.82 Å². The summed E-state index contributed by atoms with van der Waals surface area (Å²) < 4.78 is 0. The van der Waals surface area contributed by atoms with Gasteiger partial charge in [0.05, 0.1) is 28.7 Å². The zero-order chi connectivity index (χ0) is 16.7. The zero-order valence-electron chi connectivity index (χ0n) is 13.1. The van der Waals surface area contributed by atoms with Crippen LogP contribution >= 0.6 is 0 Å². The van der Waals surface area contributed by atoms with Crippen LogP contribution in [-0.2, 0) is 9.59 Å². The Hall–Kier alpha value is -2.70. The van der Waals surface area contributed by atoms with E-state index in [1.54, 1.807) is 6.20 Å². The third-order valence-electron chi connectivity index (χ3n) is 5.16. The quantitative estimate of drug-likeness (QED) is 0.861. The number of anilines is 1. The molecule has 0 radical (unpaired) electrons. The van der Waals surface area contributed by atoms with Gasteiger partial charge in [-0.25, -0.2) is 4.98 Å². The molecule has 0 aliphatic carbocycles. The highest BCUT2D eigenvalue weighted by Crippen LogP contribution is 2.37. The van der Waals surface area contributed by atoms with Gasteiger partial charge in [-0.2, -0.15) is 0 Å². The van der Waals surface area contributed by atoms with Crippen LogP contribution in [0.25, 0.3) is 11.0 Å². The molecule has 2 saturated heterocycles. The molecule has 24 heavy (non-hydrogen) atoms. The van der Waals surface area contributed by atoms with Crippen LogP contribution in [0.2, 0.25) is 0 Å². The molecule has 1 atom stereocenters. The summed E-state index contributed by atoms with van der Waals surface area (Å²) in [5, 5.41) is 12.3. The van der Waals surface area contributed by atoms with Crippen LogP contribution in [0, 0.1) is 5.92 Å². The van der Waals surface area contributed by atoms with E-state index in [0.717, 1.165) is 16.9 Å². The number of piperidine rings is 1. The van der Waals surface area contributed by atoms with Crippen molar-refractivity contribution < 1.29 is 14.7 Å². The summed E-state index contributed by atoms with van der Waals surface area (Å²) in [5.41, 5.74) is 1.07. The van der Waals surface area contributed by atoms with Gasteiger partial charge in [0, 0.05) is 19.5 Å². The molecule has 1 spiro atoms. The second-order valence-electron chi connectivity index (χ2n) is 6.50. The number of hydrogen-bond donors (Lipinski definition) is 2. The first-order valence-corrected chi connectivity index (χ1v) is 8.08. The number of rotatable bonds is 2. The van der Waals surface area contributed by atoms with Crippen LogP contribution in [0.1, 0.15) is 19.3 Å². The molecule has 1 aromatic carbocycles. The van der Waals surface area contributed by atoms with E-state index in [0.29, 0.717) is 25.9 Å². The Labute approximate surface area is 138 Å². The van der Waals surface area contributed by atoms with Gasteiger partial charge in [-0.1, -0.05) is 12.1 Å². The molecule has 4 rings (SSSR count). The number of amides is 1. The number of nitrogens with zero attached hydrogens (tertiary/aromatic N) is 3. The van der Waals surface area contributed by atoms with Crippen LogP contribution in [0.15, 0.2) is 30.5 Å². The summed E-state index contributed by atoms with van der Waals surface area (Å²) in [6, 6.07) is 7.70. The molecule has 0 bridgehead atoms. The third-order valence-corrected chi connectivity index (χ3v) is 5.16. The molecular formula is C17H18N4O3. The monoisotopic (exact) mass is 326 g/mol. The second-order valence-corrected chi connectivity index (χ2v) is 6.50. The van der Waals surface area contributed by atoms with Gasteiger partial charge < -0.3 is 15.3 Å². The lowest BCUT2D eigenvalue weighted by atomic mass is 9.78. The van der Waals surface area contributed by atoms with Crippen molar-refractivity contribution in [1.29, 1.82) is 0 Å². The minimum atomic E-state index is -0.896. The van der Waals surface area contributed by atoms with Crippen molar-refractivity contribution >= 4 is 28.7 Å². The minimum Gasteiger partial charge on any atom is -0.481 e. The molecule has 1 amide bonds. The van der Waals surface area contributed by atoms with Gasteiger partial charge >= 0.3 is 5.97 Å². The zero-order valence-corrected chi connectivity index (χ0v) is 13.1. The molecule has 124 valence electrons. The predicted octanol–water partition coefficient (Wildman–Crippen LogP) is 1.19. The Morgan fingerprint density at radius 3 is 2.67 bits per heavy atom. The predicted molar refractivity (Wildman–Crippen MR) is 87.6 cm³/mol. The van der Waals surface area contributed by atoms with Crippen molar-refractivity contribution in [3.63, 3.8) is 0 Å².